The summed E-state index contributed by atoms with van der Waals surface area (Å²) in [5.41, 5.74) is -0.692. The number of rotatable bonds is 3. The monoisotopic (exact) mass is 346 g/mol. The number of ether oxygens (including phenoxy) is 1. The van der Waals surface area contributed by atoms with Gasteiger partial charge in [0.1, 0.15) is 5.82 Å². The van der Waals surface area contributed by atoms with Gasteiger partial charge in [-0.3, -0.25) is 0 Å². The smallest absolute Gasteiger partial charge is 0.317 e. The molecule has 2 fully saturated rings. The highest BCUT2D eigenvalue weighted by atomic mass is 19.2. The Labute approximate surface area is 136 Å². The molecular formula is C16H18F4N2O2. The van der Waals surface area contributed by atoms with Crippen LogP contribution in [0.3, 0.4) is 0 Å². The van der Waals surface area contributed by atoms with E-state index in [-0.39, 0.29) is 6.07 Å². The Hall–Kier alpha value is -1.83. The Balaban J connectivity index is 1.57. The van der Waals surface area contributed by atoms with Crippen LogP contribution in [0.2, 0.25) is 0 Å². The molecule has 0 saturated carbocycles. The number of amides is 2. The van der Waals surface area contributed by atoms with Crippen LogP contribution < -0.4 is 5.32 Å². The van der Waals surface area contributed by atoms with E-state index < -0.39 is 41.4 Å². The summed E-state index contributed by atoms with van der Waals surface area (Å²) in [6, 6.07) is -0.203. The molecule has 132 valence electrons. The van der Waals surface area contributed by atoms with E-state index in [2.05, 4.69) is 5.32 Å². The molecule has 2 heterocycles. The first-order valence-corrected chi connectivity index (χ1v) is 7.89. The summed E-state index contributed by atoms with van der Waals surface area (Å²) in [5.74, 6) is -5.40. The third-order valence-corrected chi connectivity index (χ3v) is 4.77. The van der Waals surface area contributed by atoms with Gasteiger partial charge in [-0.1, -0.05) is 0 Å². The van der Waals surface area contributed by atoms with Gasteiger partial charge in [-0.05, 0) is 24.7 Å². The van der Waals surface area contributed by atoms with Gasteiger partial charge >= 0.3 is 6.03 Å². The van der Waals surface area contributed by atoms with E-state index in [1.807, 2.05) is 0 Å². The van der Waals surface area contributed by atoms with Crippen molar-refractivity contribution in [1.82, 2.24) is 10.2 Å². The number of likely N-dealkylation sites (tertiary alicyclic amines) is 1. The topological polar surface area (TPSA) is 41.6 Å². The molecule has 0 spiro atoms. The van der Waals surface area contributed by atoms with Crippen molar-refractivity contribution < 1.29 is 27.1 Å². The second-order valence-corrected chi connectivity index (χ2v) is 6.22. The van der Waals surface area contributed by atoms with Crippen molar-refractivity contribution in [2.75, 3.05) is 26.3 Å². The van der Waals surface area contributed by atoms with Gasteiger partial charge in [-0.25, -0.2) is 22.4 Å². The average molecular weight is 346 g/mol. The second kappa shape index (κ2) is 6.96. The molecular weight excluding hydrogens is 328 g/mol. The molecule has 2 aliphatic heterocycles. The third-order valence-electron chi connectivity index (χ3n) is 4.77. The molecule has 1 N–H and O–H groups in total. The number of carbonyl (C=O) groups is 1. The van der Waals surface area contributed by atoms with E-state index in [1.165, 1.54) is 0 Å². The maximum Gasteiger partial charge on any atom is 0.317 e. The van der Waals surface area contributed by atoms with Gasteiger partial charge in [0, 0.05) is 37.9 Å². The predicted octanol–water partition coefficient (Wildman–Crippen LogP) is 2.81. The molecule has 1 aromatic carbocycles. The lowest BCUT2D eigenvalue weighted by molar-refractivity contribution is 0.170. The van der Waals surface area contributed by atoms with Gasteiger partial charge in [0.05, 0.1) is 6.54 Å². The summed E-state index contributed by atoms with van der Waals surface area (Å²) in [6.07, 6.45) is 1.83. The van der Waals surface area contributed by atoms with Crippen molar-refractivity contribution in [1.29, 1.82) is 0 Å². The second-order valence-electron chi connectivity index (χ2n) is 6.22. The zero-order valence-corrected chi connectivity index (χ0v) is 13.0. The number of halogens is 4. The normalized spacial score (nSPS) is 23.8. The summed E-state index contributed by atoms with van der Waals surface area (Å²) >= 11 is 0. The Morgan fingerprint density at radius 1 is 1.17 bits per heavy atom. The number of nitrogens with zero attached hydrogens (tertiary/aromatic N) is 1. The summed E-state index contributed by atoms with van der Waals surface area (Å²) in [6.45, 7) is 2.01. The van der Waals surface area contributed by atoms with Gasteiger partial charge in [-0.15, -0.1) is 0 Å². The van der Waals surface area contributed by atoms with Gasteiger partial charge in [0.25, 0.3) is 0 Å². The van der Waals surface area contributed by atoms with E-state index in [4.69, 9.17) is 4.74 Å². The van der Waals surface area contributed by atoms with Gasteiger partial charge in [0.2, 0.25) is 0 Å². The number of nitrogens with one attached hydrogen (secondary N) is 1. The highest BCUT2D eigenvalue weighted by Crippen LogP contribution is 2.30. The Bertz CT molecular complexity index is 635. The lowest BCUT2D eigenvalue weighted by Crippen LogP contribution is -2.39. The zero-order valence-electron chi connectivity index (χ0n) is 13.0. The van der Waals surface area contributed by atoms with Crippen LogP contribution in [0.25, 0.3) is 0 Å². The minimum absolute atomic E-state index is 0.270. The zero-order chi connectivity index (χ0) is 17.3. The maximum atomic E-state index is 13.6. The molecule has 2 amide bonds. The van der Waals surface area contributed by atoms with Crippen LogP contribution in [0.1, 0.15) is 18.4 Å². The fourth-order valence-electron chi connectivity index (χ4n) is 3.32. The van der Waals surface area contributed by atoms with Crippen molar-refractivity contribution in [3.05, 3.63) is 34.9 Å². The molecule has 2 aliphatic rings. The largest absolute Gasteiger partial charge is 0.381 e. The number of hydrogen-bond acceptors (Lipinski definition) is 2. The SMILES string of the molecule is O=C(NCc1c(F)cc(F)c(F)c1F)N1CC[C@H]([C@H]2CCOC2)C1. The first-order chi connectivity index (χ1) is 11.5. The molecule has 2 atom stereocenters. The van der Waals surface area contributed by atoms with E-state index in [9.17, 15) is 22.4 Å². The third kappa shape index (κ3) is 3.33. The van der Waals surface area contributed by atoms with Crippen LogP contribution in [-0.2, 0) is 11.3 Å². The highest BCUT2D eigenvalue weighted by Gasteiger charge is 2.33. The van der Waals surface area contributed by atoms with Crippen LogP contribution in [0.15, 0.2) is 6.07 Å². The van der Waals surface area contributed by atoms with Crippen LogP contribution in [0, 0.1) is 35.1 Å². The average Bonchev–Trinajstić information content (AvgIpc) is 3.23. The standard InChI is InChI=1S/C16H18F4N2O2/c17-12-5-13(18)15(20)14(19)11(12)6-21-16(23)22-3-1-9(7-22)10-2-4-24-8-10/h5,9-10H,1-4,6-8H2,(H,21,23)/t9-,10-/m0/s1. The Morgan fingerprint density at radius 2 is 1.96 bits per heavy atom. The van der Waals surface area contributed by atoms with E-state index >= 15 is 0 Å². The maximum absolute atomic E-state index is 13.6. The molecule has 3 rings (SSSR count). The van der Waals surface area contributed by atoms with Gasteiger partial charge < -0.3 is 15.0 Å². The van der Waals surface area contributed by atoms with Crippen molar-refractivity contribution in [3.63, 3.8) is 0 Å². The molecule has 0 unspecified atom stereocenters. The fourth-order valence-corrected chi connectivity index (χ4v) is 3.32. The molecule has 24 heavy (non-hydrogen) atoms. The number of hydrogen-bond donors (Lipinski definition) is 1. The Kier molecular flexibility index (Phi) is 4.93. The number of benzene rings is 1. The van der Waals surface area contributed by atoms with E-state index in [1.54, 1.807) is 4.90 Å². The summed E-state index contributed by atoms with van der Waals surface area (Å²) in [4.78, 5) is 13.7. The lowest BCUT2D eigenvalue weighted by atomic mass is 9.91. The Morgan fingerprint density at radius 3 is 2.67 bits per heavy atom. The van der Waals surface area contributed by atoms with Crippen molar-refractivity contribution in [2.45, 2.75) is 19.4 Å². The minimum Gasteiger partial charge on any atom is -0.381 e. The van der Waals surface area contributed by atoms with Crippen molar-refractivity contribution >= 4 is 6.03 Å². The number of carbonyl (C=O) groups excluding carboxylic acids is 1. The lowest BCUT2D eigenvalue weighted by Gasteiger charge is -2.20. The molecule has 0 radical (unpaired) electrons. The number of urea groups is 1. The molecule has 8 heteroatoms. The van der Waals surface area contributed by atoms with E-state index in [0.29, 0.717) is 31.5 Å². The first-order valence-electron chi connectivity index (χ1n) is 7.89. The van der Waals surface area contributed by atoms with Crippen LogP contribution in [-0.4, -0.2) is 37.2 Å². The molecule has 1 aromatic rings. The first kappa shape index (κ1) is 17.0. The van der Waals surface area contributed by atoms with Crippen LogP contribution in [0.5, 0.6) is 0 Å². The molecule has 0 aromatic heterocycles. The van der Waals surface area contributed by atoms with E-state index in [0.717, 1.165) is 19.4 Å². The quantitative estimate of drug-likeness (QED) is 0.520. The van der Waals surface area contributed by atoms with Crippen molar-refractivity contribution in [2.24, 2.45) is 11.8 Å². The summed E-state index contributed by atoms with van der Waals surface area (Å²) < 4.78 is 58.6. The predicted molar refractivity (Wildman–Crippen MR) is 77.1 cm³/mol. The van der Waals surface area contributed by atoms with Gasteiger partial charge in [-0.2, -0.15) is 0 Å². The van der Waals surface area contributed by atoms with Crippen LogP contribution >= 0.6 is 0 Å². The summed E-state index contributed by atoms with van der Waals surface area (Å²) in [5, 5.41) is 2.37. The highest BCUT2D eigenvalue weighted by molar-refractivity contribution is 5.74. The van der Waals surface area contributed by atoms with Crippen molar-refractivity contribution in [3.8, 4) is 0 Å². The fraction of sp³-hybridized carbons (Fsp3) is 0.562. The molecule has 0 aliphatic carbocycles. The molecule has 0 bridgehead atoms. The molecule has 4 nitrogen and oxygen atoms in total. The summed E-state index contributed by atoms with van der Waals surface area (Å²) in [7, 11) is 0. The van der Waals surface area contributed by atoms with Gasteiger partial charge in [0.15, 0.2) is 17.5 Å². The van der Waals surface area contributed by atoms with Crippen LogP contribution in [0.4, 0.5) is 22.4 Å². The molecule has 2 saturated heterocycles. The minimum atomic E-state index is -1.75.